The zero-order valence-corrected chi connectivity index (χ0v) is 18.9. The Morgan fingerprint density at radius 2 is 1.65 bits per heavy atom. The van der Waals surface area contributed by atoms with Crippen molar-refractivity contribution in [3.8, 4) is 17.2 Å². The minimum absolute atomic E-state index is 0.144. The number of anilines is 1. The van der Waals surface area contributed by atoms with Crippen LogP contribution in [0.1, 0.15) is 48.4 Å². The Morgan fingerprint density at radius 3 is 2.18 bits per heavy atom. The van der Waals surface area contributed by atoms with Crippen molar-refractivity contribution in [2.45, 2.75) is 38.9 Å². The third kappa shape index (κ3) is 6.38. The molecule has 3 rings (SSSR count). The van der Waals surface area contributed by atoms with Crippen LogP contribution in [-0.4, -0.2) is 11.1 Å². The number of hydrogen-bond donors (Lipinski definition) is 2. The lowest BCUT2D eigenvalue weighted by molar-refractivity contribution is -0.139. The Balaban J connectivity index is 1.98. The molecule has 1 unspecified atom stereocenters. The third-order valence-electron chi connectivity index (χ3n) is 5.49. The van der Waals surface area contributed by atoms with Crippen molar-refractivity contribution in [3.05, 3.63) is 89.0 Å². The summed E-state index contributed by atoms with van der Waals surface area (Å²) in [6.07, 6.45) is -4.00. The molecule has 1 atom stereocenters. The van der Waals surface area contributed by atoms with Gasteiger partial charge in [-0.25, -0.2) is 0 Å². The SMILES string of the molecule is CC(C)CC(C(=O)O)c1cc(NCc2ccc(C#N)cc2)cc(-c2ccc(C(F)(F)F)cc2)c1. The molecule has 0 aliphatic carbocycles. The molecule has 176 valence electrons. The van der Waals surface area contributed by atoms with Crippen molar-refractivity contribution >= 4 is 11.7 Å². The number of benzene rings is 3. The van der Waals surface area contributed by atoms with Gasteiger partial charge < -0.3 is 10.4 Å². The maximum Gasteiger partial charge on any atom is 0.416 e. The molecule has 0 aliphatic rings. The van der Waals surface area contributed by atoms with Crippen LogP contribution in [0.5, 0.6) is 0 Å². The van der Waals surface area contributed by atoms with Gasteiger partial charge in [-0.05, 0) is 71.0 Å². The number of nitrogens with one attached hydrogen (secondary N) is 1. The lowest BCUT2D eigenvalue weighted by Crippen LogP contribution is -2.14. The van der Waals surface area contributed by atoms with E-state index in [-0.39, 0.29) is 5.92 Å². The zero-order valence-electron chi connectivity index (χ0n) is 18.9. The Kier molecular flexibility index (Phi) is 7.62. The number of alkyl halides is 3. The quantitative estimate of drug-likeness (QED) is 0.372. The Morgan fingerprint density at radius 1 is 1.00 bits per heavy atom. The average Bonchev–Trinajstić information content (AvgIpc) is 2.80. The van der Waals surface area contributed by atoms with Crippen LogP contribution >= 0.6 is 0 Å². The molecule has 0 amide bonds. The highest BCUT2D eigenvalue weighted by Gasteiger charge is 2.30. The molecule has 0 spiro atoms. The molecule has 34 heavy (non-hydrogen) atoms. The first-order valence-corrected chi connectivity index (χ1v) is 10.8. The number of nitrogens with zero attached hydrogens (tertiary/aromatic N) is 1. The molecule has 0 saturated carbocycles. The summed E-state index contributed by atoms with van der Waals surface area (Å²) < 4.78 is 38.9. The Labute approximate surface area is 196 Å². The highest BCUT2D eigenvalue weighted by molar-refractivity contribution is 5.79. The van der Waals surface area contributed by atoms with Crippen LogP contribution in [0.4, 0.5) is 18.9 Å². The van der Waals surface area contributed by atoms with Crippen LogP contribution in [0, 0.1) is 17.2 Å². The van der Waals surface area contributed by atoms with Crippen molar-refractivity contribution in [2.75, 3.05) is 5.32 Å². The van der Waals surface area contributed by atoms with E-state index < -0.39 is 23.6 Å². The van der Waals surface area contributed by atoms with E-state index in [9.17, 15) is 23.1 Å². The van der Waals surface area contributed by atoms with Gasteiger partial charge in [0.1, 0.15) is 0 Å². The predicted molar refractivity (Wildman–Crippen MR) is 125 cm³/mol. The molecule has 3 aromatic carbocycles. The first kappa shape index (κ1) is 24.8. The smallest absolute Gasteiger partial charge is 0.416 e. The van der Waals surface area contributed by atoms with Gasteiger partial charge in [-0.15, -0.1) is 0 Å². The minimum Gasteiger partial charge on any atom is -0.481 e. The van der Waals surface area contributed by atoms with Crippen molar-refractivity contribution in [2.24, 2.45) is 5.92 Å². The maximum atomic E-state index is 13.0. The van der Waals surface area contributed by atoms with Gasteiger partial charge in [0.15, 0.2) is 0 Å². The molecule has 0 saturated heterocycles. The zero-order chi connectivity index (χ0) is 24.9. The first-order chi connectivity index (χ1) is 16.1. The van der Waals surface area contributed by atoms with Gasteiger partial charge in [-0.2, -0.15) is 18.4 Å². The molecule has 0 heterocycles. The largest absolute Gasteiger partial charge is 0.481 e. The van der Waals surface area contributed by atoms with E-state index in [1.807, 2.05) is 26.0 Å². The standard InChI is InChI=1S/C27H25F3N2O2/c1-17(2)11-25(26(33)34)22-12-21(20-7-9-23(10-8-20)27(28,29)30)13-24(14-22)32-16-19-5-3-18(15-31)4-6-19/h3-10,12-14,17,25,32H,11,16H2,1-2H3,(H,33,34). The summed E-state index contributed by atoms with van der Waals surface area (Å²) in [5.74, 6) is -1.55. The normalized spacial score (nSPS) is 12.3. The number of halogens is 3. The van der Waals surface area contributed by atoms with E-state index in [4.69, 9.17) is 5.26 Å². The van der Waals surface area contributed by atoms with Crippen LogP contribution in [0.2, 0.25) is 0 Å². The topological polar surface area (TPSA) is 73.1 Å². The lowest BCUT2D eigenvalue weighted by atomic mass is 9.88. The van der Waals surface area contributed by atoms with Crippen molar-refractivity contribution in [1.29, 1.82) is 5.26 Å². The Bertz CT molecular complexity index is 1180. The van der Waals surface area contributed by atoms with Crippen molar-refractivity contribution in [3.63, 3.8) is 0 Å². The molecule has 4 nitrogen and oxygen atoms in total. The third-order valence-corrected chi connectivity index (χ3v) is 5.49. The minimum atomic E-state index is -4.43. The highest BCUT2D eigenvalue weighted by Crippen LogP contribution is 2.34. The van der Waals surface area contributed by atoms with Gasteiger partial charge in [-0.3, -0.25) is 4.79 Å². The molecule has 0 fully saturated rings. The summed E-state index contributed by atoms with van der Waals surface area (Å²) >= 11 is 0. The fraction of sp³-hybridized carbons (Fsp3) is 0.259. The second-order valence-electron chi connectivity index (χ2n) is 8.60. The molecule has 3 aromatic rings. The van der Waals surface area contributed by atoms with E-state index in [0.717, 1.165) is 17.7 Å². The molecule has 0 bridgehead atoms. The fourth-order valence-corrected chi connectivity index (χ4v) is 3.73. The van der Waals surface area contributed by atoms with Crippen LogP contribution in [0.25, 0.3) is 11.1 Å². The predicted octanol–water partition coefficient (Wildman–Crippen LogP) is 7.07. The van der Waals surface area contributed by atoms with Crippen LogP contribution in [0.15, 0.2) is 66.7 Å². The number of rotatable bonds is 8. The van der Waals surface area contributed by atoms with Crippen molar-refractivity contribution in [1.82, 2.24) is 0 Å². The van der Waals surface area contributed by atoms with Crippen LogP contribution in [0.3, 0.4) is 0 Å². The lowest BCUT2D eigenvalue weighted by Gasteiger charge is -2.19. The average molecular weight is 467 g/mol. The van der Waals surface area contributed by atoms with E-state index in [1.165, 1.54) is 12.1 Å². The summed E-state index contributed by atoms with van der Waals surface area (Å²) in [7, 11) is 0. The van der Waals surface area contributed by atoms with Crippen LogP contribution < -0.4 is 5.32 Å². The van der Waals surface area contributed by atoms with Gasteiger partial charge in [0.05, 0.1) is 23.1 Å². The van der Waals surface area contributed by atoms with Crippen molar-refractivity contribution < 1.29 is 23.1 Å². The second-order valence-corrected chi connectivity index (χ2v) is 8.60. The van der Waals surface area contributed by atoms with Gasteiger partial charge in [0, 0.05) is 12.2 Å². The number of hydrogen-bond acceptors (Lipinski definition) is 3. The van der Waals surface area contributed by atoms with Crippen LogP contribution in [-0.2, 0) is 17.5 Å². The summed E-state index contributed by atoms with van der Waals surface area (Å²) in [5, 5.41) is 22.1. The molecule has 0 radical (unpaired) electrons. The van der Waals surface area contributed by atoms with Gasteiger partial charge in [0.2, 0.25) is 0 Å². The number of carboxylic acid groups (broad SMARTS) is 1. The van der Waals surface area contributed by atoms with E-state index >= 15 is 0 Å². The summed E-state index contributed by atoms with van der Waals surface area (Å²) in [6, 6.07) is 19.3. The summed E-state index contributed by atoms with van der Waals surface area (Å²) in [5.41, 5.74) is 3.17. The van der Waals surface area contributed by atoms with Gasteiger partial charge in [-0.1, -0.05) is 44.2 Å². The van der Waals surface area contributed by atoms with Gasteiger partial charge in [0.25, 0.3) is 0 Å². The van der Waals surface area contributed by atoms with E-state index in [0.29, 0.717) is 40.9 Å². The maximum absolute atomic E-state index is 13.0. The van der Waals surface area contributed by atoms with E-state index in [1.54, 1.807) is 30.3 Å². The molecular weight excluding hydrogens is 441 g/mol. The summed E-state index contributed by atoms with van der Waals surface area (Å²) in [6.45, 7) is 4.32. The Hall–Kier alpha value is -3.79. The molecule has 2 N–H and O–H groups in total. The molecule has 0 aliphatic heterocycles. The second kappa shape index (κ2) is 10.4. The highest BCUT2D eigenvalue weighted by atomic mass is 19.4. The van der Waals surface area contributed by atoms with E-state index in [2.05, 4.69) is 11.4 Å². The number of nitriles is 1. The fourth-order valence-electron chi connectivity index (χ4n) is 3.73. The first-order valence-electron chi connectivity index (χ1n) is 10.8. The molecule has 7 heteroatoms. The number of aliphatic carboxylic acids is 1. The monoisotopic (exact) mass is 466 g/mol. The molecule has 0 aromatic heterocycles. The van der Waals surface area contributed by atoms with Gasteiger partial charge >= 0.3 is 12.1 Å². The number of carboxylic acids is 1. The molecular formula is C27H25F3N2O2. The summed E-state index contributed by atoms with van der Waals surface area (Å²) in [4.78, 5) is 12.0. The number of carbonyl (C=O) groups is 1.